The van der Waals surface area contributed by atoms with Crippen molar-refractivity contribution in [2.24, 2.45) is 5.92 Å². The van der Waals surface area contributed by atoms with Gasteiger partial charge < -0.3 is 14.5 Å². The highest BCUT2D eigenvalue weighted by molar-refractivity contribution is 5.06. The first kappa shape index (κ1) is 15.6. The first-order valence-electron chi connectivity index (χ1n) is 7.86. The molecule has 0 aromatic carbocycles. The molecule has 1 aliphatic carbocycles. The summed E-state index contributed by atoms with van der Waals surface area (Å²) >= 11 is 0. The SMILES string of the molecule is CC1CCC(OCc2ccc(CNC(C)(C)C)o2)CC1. The van der Waals surface area contributed by atoms with Crippen LogP contribution in [0.3, 0.4) is 0 Å². The van der Waals surface area contributed by atoms with E-state index < -0.39 is 0 Å². The van der Waals surface area contributed by atoms with Crippen LogP contribution in [0.1, 0.15) is 64.9 Å². The standard InChI is InChI=1S/C17H29NO2/c1-13-5-7-14(8-6-13)19-12-16-10-9-15(20-16)11-18-17(2,3)4/h9-10,13-14,18H,5-8,11-12H2,1-4H3. The summed E-state index contributed by atoms with van der Waals surface area (Å²) in [6.45, 7) is 10.2. The monoisotopic (exact) mass is 279 g/mol. The molecule has 114 valence electrons. The van der Waals surface area contributed by atoms with E-state index in [0.717, 1.165) is 24.0 Å². The van der Waals surface area contributed by atoms with Gasteiger partial charge in [-0.25, -0.2) is 0 Å². The number of hydrogen-bond acceptors (Lipinski definition) is 3. The van der Waals surface area contributed by atoms with Crippen LogP contribution < -0.4 is 5.32 Å². The molecule has 1 aromatic rings. The van der Waals surface area contributed by atoms with Crippen molar-refractivity contribution in [1.29, 1.82) is 0 Å². The summed E-state index contributed by atoms with van der Waals surface area (Å²) in [6, 6.07) is 4.07. The molecule has 0 unspecified atom stereocenters. The summed E-state index contributed by atoms with van der Waals surface area (Å²) in [7, 11) is 0. The van der Waals surface area contributed by atoms with E-state index in [-0.39, 0.29) is 5.54 Å². The third kappa shape index (κ3) is 5.29. The number of ether oxygens (including phenoxy) is 1. The average molecular weight is 279 g/mol. The lowest BCUT2D eigenvalue weighted by atomic mass is 9.89. The minimum atomic E-state index is 0.113. The van der Waals surface area contributed by atoms with E-state index in [1.807, 2.05) is 12.1 Å². The highest BCUT2D eigenvalue weighted by Gasteiger charge is 2.19. The van der Waals surface area contributed by atoms with Crippen molar-refractivity contribution >= 4 is 0 Å². The van der Waals surface area contributed by atoms with E-state index in [0.29, 0.717) is 12.7 Å². The predicted molar refractivity (Wildman–Crippen MR) is 81.5 cm³/mol. The van der Waals surface area contributed by atoms with Gasteiger partial charge in [0.15, 0.2) is 0 Å². The van der Waals surface area contributed by atoms with Crippen molar-refractivity contribution in [3.63, 3.8) is 0 Å². The fourth-order valence-electron chi connectivity index (χ4n) is 2.54. The minimum absolute atomic E-state index is 0.113. The van der Waals surface area contributed by atoms with Crippen molar-refractivity contribution in [2.45, 2.75) is 78.2 Å². The second kappa shape index (κ2) is 6.77. The molecule has 3 heteroatoms. The molecule has 1 fully saturated rings. The van der Waals surface area contributed by atoms with Crippen LogP contribution in [0.5, 0.6) is 0 Å². The average Bonchev–Trinajstić information content (AvgIpc) is 2.83. The molecule has 1 heterocycles. The Balaban J connectivity index is 1.72. The van der Waals surface area contributed by atoms with Crippen LogP contribution in [-0.2, 0) is 17.9 Å². The highest BCUT2D eigenvalue weighted by atomic mass is 16.5. The number of hydrogen-bond donors (Lipinski definition) is 1. The Morgan fingerprint density at radius 3 is 2.45 bits per heavy atom. The van der Waals surface area contributed by atoms with Gasteiger partial charge in [0.25, 0.3) is 0 Å². The van der Waals surface area contributed by atoms with E-state index in [4.69, 9.17) is 9.15 Å². The van der Waals surface area contributed by atoms with Gasteiger partial charge in [-0.1, -0.05) is 6.92 Å². The zero-order chi connectivity index (χ0) is 14.6. The molecule has 2 rings (SSSR count). The van der Waals surface area contributed by atoms with Crippen molar-refractivity contribution in [2.75, 3.05) is 0 Å². The summed E-state index contributed by atoms with van der Waals surface area (Å²) in [5, 5.41) is 3.43. The van der Waals surface area contributed by atoms with Gasteiger partial charge in [-0.2, -0.15) is 0 Å². The van der Waals surface area contributed by atoms with Crippen LogP contribution in [0.4, 0.5) is 0 Å². The summed E-state index contributed by atoms with van der Waals surface area (Å²) in [6.07, 6.45) is 5.40. The van der Waals surface area contributed by atoms with Crippen molar-refractivity contribution in [3.8, 4) is 0 Å². The Bertz CT molecular complexity index is 397. The molecular weight excluding hydrogens is 250 g/mol. The van der Waals surface area contributed by atoms with Crippen LogP contribution in [0, 0.1) is 5.92 Å². The fourth-order valence-corrected chi connectivity index (χ4v) is 2.54. The lowest BCUT2D eigenvalue weighted by Gasteiger charge is -2.25. The maximum absolute atomic E-state index is 5.96. The van der Waals surface area contributed by atoms with Gasteiger partial charge in [-0.05, 0) is 64.5 Å². The topological polar surface area (TPSA) is 34.4 Å². The van der Waals surface area contributed by atoms with Crippen molar-refractivity contribution < 1.29 is 9.15 Å². The normalized spacial score (nSPS) is 24.0. The highest BCUT2D eigenvalue weighted by Crippen LogP contribution is 2.26. The van der Waals surface area contributed by atoms with Gasteiger partial charge in [0.2, 0.25) is 0 Å². The Morgan fingerprint density at radius 1 is 1.15 bits per heavy atom. The zero-order valence-corrected chi connectivity index (χ0v) is 13.4. The summed E-state index contributed by atoms with van der Waals surface area (Å²) in [4.78, 5) is 0. The van der Waals surface area contributed by atoms with Gasteiger partial charge in [-0.3, -0.25) is 0 Å². The van der Waals surface area contributed by atoms with E-state index in [1.165, 1.54) is 25.7 Å². The van der Waals surface area contributed by atoms with Gasteiger partial charge in [0, 0.05) is 5.54 Å². The summed E-state index contributed by atoms with van der Waals surface area (Å²) < 4.78 is 11.8. The Hall–Kier alpha value is -0.800. The van der Waals surface area contributed by atoms with Gasteiger partial charge in [-0.15, -0.1) is 0 Å². The van der Waals surface area contributed by atoms with E-state index in [2.05, 4.69) is 33.0 Å². The molecule has 3 nitrogen and oxygen atoms in total. The molecule has 1 aliphatic rings. The minimum Gasteiger partial charge on any atom is -0.462 e. The predicted octanol–water partition coefficient (Wildman–Crippen LogP) is 4.26. The van der Waals surface area contributed by atoms with Crippen LogP contribution in [0.15, 0.2) is 16.5 Å². The van der Waals surface area contributed by atoms with E-state index in [9.17, 15) is 0 Å². The molecule has 0 aliphatic heterocycles. The van der Waals surface area contributed by atoms with E-state index >= 15 is 0 Å². The number of rotatable bonds is 5. The molecule has 0 spiro atoms. The lowest BCUT2D eigenvalue weighted by Crippen LogP contribution is -2.34. The smallest absolute Gasteiger partial charge is 0.129 e. The van der Waals surface area contributed by atoms with Gasteiger partial charge in [0.1, 0.15) is 18.1 Å². The maximum atomic E-state index is 5.96. The molecule has 0 saturated heterocycles. The zero-order valence-electron chi connectivity index (χ0n) is 13.4. The molecule has 20 heavy (non-hydrogen) atoms. The lowest BCUT2D eigenvalue weighted by molar-refractivity contribution is 0.000870. The molecule has 0 radical (unpaired) electrons. The van der Waals surface area contributed by atoms with Crippen LogP contribution >= 0.6 is 0 Å². The Morgan fingerprint density at radius 2 is 1.80 bits per heavy atom. The molecule has 1 saturated carbocycles. The Labute approximate surface area is 123 Å². The number of furan rings is 1. The Kier molecular flexibility index (Phi) is 5.28. The first-order valence-corrected chi connectivity index (χ1v) is 7.86. The molecule has 1 aromatic heterocycles. The van der Waals surface area contributed by atoms with Crippen LogP contribution in [0.25, 0.3) is 0 Å². The largest absolute Gasteiger partial charge is 0.462 e. The summed E-state index contributed by atoms with van der Waals surface area (Å²) in [5.74, 6) is 2.79. The fraction of sp³-hybridized carbons (Fsp3) is 0.765. The third-order valence-corrected chi connectivity index (χ3v) is 3.93. The molecule has 0 bridgehead atoms. The van der Waals surface area contributed by atoms with Crippen molar-refractivity contribution in [3.05, 3.63) is 23.7 Å². The molecular formula is C17H29NO2. The first-order chi connectivity index (χ1) is 9.42. The van der Waals surface area contributed by atoms with Gasteiger partial charge in [0.05, 0.1) is 12.6 Å². The molecule has 0 amide bonds. The van der Waals surface area contributed by atoms with E-state index in [1.54, 1.807) is 0 Å². The molecule has 0 atom stereocenters. The number of nitrogens with one attached hydrogen (secondary N) is 1. The van der Waals surface area contributed by atoms with Crippen LogP contribution in [0.2, 0.25) is 0 Å². The third-order valence-electron chi connectivity index (χ3n) is 3.93. The van der Waals surface area contributed by atoms with Gasteiger partial charge >= 0.3 is 0 Å². The van der Waals surface area contributed by atoms with Crippen LogP contribution in [-0.4, -0.2) is 11.6 Å². The summed E-state index contributed by atoms with van der Waals surface area (Å²) in [5.41, 5.74) is 0.113. The molecule has 1 N–H and O–H groups in total. The second-order valence-electron chi connectivity index (χ2n) is 7.16. The maximum Gasteiger partial charge on any atom is 0.129 e. The quantitative estimate of drug-likeness (QED) is 0.874. The van der Waals surface area contributed by atoms with Crippen molar-refractivity contribution in [1.82, 2.24) is 5.32 Å². The second-order valence-corrected chi connectivity index (χ2v) is 7.16.